The average Bonchev–Trinajstić information content (AvgIpc) is 3.38. The standard InChI is InChI=1S/C23H29N5OS/c29-22(24-19-14-28-9-7-23(28)6-5-18(19)23)21-17-4-3-15(12-20(17)30-25-21)27-11-10-26-8-1-2-16(26)13-27/h3-4,12,16,18-19H,1-2,5-11,13-14H2,(H,24,29)/t16?,18-,19-,23?/m1/s1. The van der Waals surface area contributed by atoms with Gasteiger partial charge in [-0.2, -0.15) is 4.37 Å². The van der Waals surface area contributed by atoms with Gasteiger partial charge in [-0.25, -0.2) is 0 Å². The summed E-state index contributed by atoms with van der Waals surface area (Å²) in [7, 11) is 0. The second-order valence-corrected chi connectivity index (χ2v) is 10.8. The zero-order valence-corrected chi connectivity index (χ0v) is 18.2. The fourth-order valence-electron chi connectivity index (χ4n) is 7.01. The molecular weight excluding hydrogens is 394 g/mol. The van der Waals surface area contributed by atoms with Gasteiger partial charge in [-0.15, -0.1) is 0 Å². The number of nitrogens with zero attached hydrogens (tertiary/aromatic N) is 4. The van der Waals surface area contributed by atoms with Gasteiger partial charge in [0.15, 0.2) is 0 Å². The first kappa shape index (κ1) is 17.9. The largest absolute Gasteiger partial charge is 0.369 e. The highest BCUT2D eigenvalue weighted by molar-refractivity contribution is 7.13. The predicted octanol–water partition coefficient (Wildman–Crippen LogP) is 2.55. The van der Waals surface area contributed by atoms with E-state index < -0.39 is 0 Å². The van der Waals surface area contributed by atoms with E-state index >= 15 is 0 Å². The van der Waals surface area contributed by atoms with Gasteiger partial charge in [-0.1, -0.05) is 0 Å². The van der Waals surface area contributed by atoms with Crippen molar-refractivity contribution in [2.45, 2.75) is 49.7 Å². The van der Waals surface area contributed by atoms with Crippen LogP contribution in [0.15, 0.2) is 18.2 Å². The number of aromatic nitrogens is 1. The van der Waals surface area contributed by atoms with Crippen molar-refractivity contribution in [3.05, 3.63) is 23.9 Å². The van der Waals surface area contributed by atoms with Gasteiger partial charge in [0.25, 0.3) is 5.91 Å². The van der Waals surface area contributed by atoms with Crippen LogP contribution in [0.2, 0.25) is 0 Å². The topological polar surface area (TPSA) is 51.7 Å². The van der Waals surface area contributed by atoms with Crippen LogP contribution in [0.25, 0.3) is 10.1 Å². The molecule has 0 bridgehead atoms. The fourth-order valence-corrected chi connectivity index (χ4v) is 7.82. The molecule has 5 aliphatic rings. The summed E-state index contributed by atoms with van der Waals surface area (Å²) < 4.78 is 5.71. The van der Waals surface area contributed by atoms with Gasteiger partial charge in [0, 0.05) is 61.4 Å². The highest BCUT2D eigenvalue weighted by Crippen LogP contribution is 2.57. The lowest BCUT2D eigenvalue weighted by atomic mass is 9.61. The third-order valence-electron chi connectivity index (χ3n) is 8.87. The fraction of sp³-hybridized carbons (Fsp3) is 0.652. The van der Waals surface area contributed by atoms with E-state index in [9.17, 15) is 4.79 Å². The Labute approximate surface area is 181 Å². The lowest BCUT2D eigenvalue weighted by Crippen LogP contribution is -2.64. The molecule has 5 heterocycles. The van der Waals surface area contributed by atoms with Crippen molar-refractivity contribution in [3.8, 4) is 0 Å². The lowest BCUT2D eigenvalue weighted by Gasteiger charge is -2.58. The second kappa shape index (κ2) is 6.40. The lowest BCUT2D eigenvalue weighted by molar-refractivity contribution is -0.0676. The van der Waals surface area contributed by atoms with E-state index in [1.807, 2.05) is 0 Å². The number of anilines is 1. The summed E-state index contributed by atoms with van der Waals surface area (Å²) in [5.41, 5.74) is 2.34. The molecule has 4 saturated heterocycles. The Balaban J connectivity index is 1.10. The van der Waals surface area contributed by atoms with Crippen molar-refractivity contribution < 1.29 is 4.79 Å². The van der Waals surface area contributed by atoms with E-state index in [4.69, 9.17) is 0 Å². The van der Waals surface area contributed by atoms with Crippen molar-refractivity contribution in [2.24, 2.45) is 5.92 Å². The Kier molecular flexibility index (Phi) is 3.83. The maximum Gasteiger partial charge on any atom is 0.271 e. The maximum atomic E-state index is 13.1. The number of amides is 1. The summed E-state index contributed by atoms with van der Waals surface area (Å²) >= 11 is 1.47. The van der Waals surface area contributed by atoms with Crippen LogP contribution >= 0.6 is 11.5 Å². The van der Waals surface area contributed by atoms with Gasteiger partial charge in [-0.3, -0.25) is 14.6 Å². The quantitative estimate of drug-likeness (QED) is 0.822. The monoisotopic (exact) mass is 423 g/mol. The molecule has 1 aromatic carbocycles. The van der Waals surface area contributed by atoms with E-state index in [-0.39, 0.29) is 5.91 Å². The van der Waals surface area contributed by atoms with Crippen LogP contribution in [-0.2, 0) is 0 Å². The number of carbonyl (C=O) groups is 1. The van der Waals surface area contributed by atoms with Crippen LogP contribution in [0.4, 0.5) is 5.69 Å². The first-order chi connectivity index (χ1) is 14.7. The van der Waals surface area contributed by atoms with Crippen LogP contribution in [0.3, 0.4) is 0 Å². The molecule has 1 spiro atoms. The molecule has 1 saturated carbocycles. The molecule has 7 heteroatoms. The van der Waals surface area contributed by atoms with E-state index in [2.05, 4.69) is 42.6 Å². The summed E-state index contributed by atoms with van der Waals surface area (Å²) in [6.07, 6.45) is 6.57. The van der Waals surface area contributed by atoms with Crippen molar-refractivity contribution in [2.75, 3.05) is 44.2 Å². The van der Waals surface area contributed by atoms with Crippen LogP contribution in [0.1, 0.15) is 42.6 Å². The van der Waals surface area contributed by atoms with Crippen LogP contribution in [0, 0.1) is 5.92 Å². The summed E-state index contributed by atoms with van der Waals surface area (Å²) in [4.78, 5) is 20.9. The number of nitrogens with one attached hydrogen (secondary N) is 1. The Bertz CT molecular complexity index is 1020. The number of hydrogen-bond donors (Lipinski definition) is 1. The van der Waals surface area contributed by atoms with Gasteiger partial charge in [0.1, 0.15) is 5.69 Å². The highest BCUT2D eigenvalue weighted by atomic mass is 32.1. The number of rotatable bonds is 3. The molecular formula is C23H29N5OS. The van der Waals surface area contributed by atoms with Crippen LogP contribution in [0.5, 0.6) is 0 Å². The van der Waals surface area contributed by atoms with Gasteiger partial charge < -0.3 is 10.2 Å². The third-order valence-corrected chi connectivity index (χ3v) is 9.67. The normalized spacial score (nSPS) is 35.5. The Morgan fingerprint density at radius 2 is 2.10 bits per heavy atom. The number of carbonyl (C=O) groups excluding carboxylic acids is 1. The molecule has 5 fully saturated rings. The number of piperazine rings is 1. The second-order valence-electron chi connectivity index (χ2n) is 10.0. The summed E-state index contributed by atoms with van der Waals surface area (Å²) in [6, 6.07) is 7.57. The summed E-state index contributed by atoms with van der Waals surface area (Å²) in [5.74, 6) is 0.670. The average molecular weight is 424 g/mol. The predicted molar refractivity (Wildman–Crippen MR) is 119 cm³/mol. The van der Waals surface area contributed by atoms with Gasteiger partial charge in [-0.05, 0) is 74.3 Å². The van der Waals surface area contributed by atoms with Gasteiger partial charge >= 0.3 is 0 Å². The number of benzene rings is 1. The highest BCUT2D eigenvalue weighted by Gasteiger charge is 2.63. The molecule has 4 atom stereocenters. The van der Waals surface area contributed by atoms with Gasteiger partial charge in [0.05, 0.1) is 4.70 Å². The molecule has 2 unspecified atom stereocenters. The smallest absolute Gasteiger partial charge is 0.271 e. The van der Waals surface area contributed by atoms with Gasteiger partial charge in [0.2, 0.25) is 0 Å². The minimum Gasteiger partial charge on any atom is -0.369 e. The van der Waals surface area contributed by atoms with Crippen LogP contribution < -0.4 is 10.2 Å². The zero-order valence-electron chi connectivity index (χ0n) is 17.3. The van der Waals surface area contributed by atoms with E-state index in [1.54, 1.807) is 0 Å². The Morgan fingerprint density at radius 3 is 2.90 bits per heavy atom. The maximum absolute atomic E-state index is 13.1. The van der Waals surface area contributed by atoms with E-state index in [1.165, 1.54) is 69.0 Å². The third kappa shape index (κ3) is 2.43. The molecule has 2 aromatic rings. The Morgan fingerprint density at radius 1 is 1.13 bits per heavy atom. The molecule has 0 radical (unpaired) electrons. The number of fused-ring (bicyclic) bond motifs is 2. The SMILES string of the molecule is O=C(N[C@@H]1CN2CCC23CC[C@H]13)c1nsc2cc(N3CCN4CCCC4C3)ccc12. The van der Waals surface area contributed by atoms with Crippen LogP contribution in [-0.4, -0.2) is 77.0 Å². The van der Waals surface area contributed by atoms with E-state index in [0.717, 1.165) is 29.7 Å². The minimum absolute atomic E-state index is 0.0168. The molecule has 158 valence electrons. The molecule has 1 amide bonds. The zero-order chi connectivity index (χ0) is 19.9. The minimum atomic E-state index is 0.0168. The summed E-state index contributed by atoms with van der Waals surface area (Å²) in [6.45, 7) is 6.89. The molecule has 1 N–H and O–H groups in total. The first-order valence-electron chi connectivity index (χ1n) is 11.7. The molecule has 4 aliphatic heterocycles. The van der Waals surface area contributed by atoms with E-state index in [0.29, 0.717) is 29.2 Å². The summed E-state index contributed by atoms with van der Waals surface area (Å²) in [5, 5.41) is 4.36. The Hall–Kier alpha value is -1.70. The molecule has 6 nitrogen and oxygen atoms in total. The van der Waals surface area contributed by atoms with Crippen molar-refractivity contribution in [1.29, 1.82) is 0 Å². The first-order valence-corrected chi connectivity index (χ1v) is 12.4. The molecule has 7 rings (SSSR count). The van der Waals surface area contributed by atoms with Crippen molar-refractivity contribution in [1.82, 2.24) is 19.5 Å². The molecule has 30 heavy (non-hydrogen) atoms. The van der Waals surface area contributed by atoms with Crippen molar-refractivity contribution >= 4 is 33.2 Å². The van der Waals surface area contributed by atoms with Crippen molar-refractivity contribution in [3.63, 3.8) is 0 Å². The number of hydrogen-bond acceptors (Lipinski definition) is 6. The molecule has 1 aromatic heterocycles. The molecule has 1 aliphatic carbocycles.